The van der Waals surface area contributed by atoms with Crippen LogP contribution in [0.15, 0.2) is 55.1 Å². The summed E-state index contributed by atoms with van der Waals surface area (Å²) in [5, 5.41) is 6.42. The van der Waals surface area contributed by atoms with Gasteiger partial charge in [0.05, 0.1) is 5.56 Å². The van der Waals surface area contributed by atoms with Crippen LogP contribution in [0.25, 0.3) is 11.2 Å². The highest BCUT2D eigenvalue weighted by molar-refractivity contribution is 5.85. The van der Waals surface area contributed by atoms with E-state index in [1.54, 1.807) is 18.5 Å². The lowest BCUT2D eigenvalue weighted by Crippen LogP contribution is -2.10. The summed E-state index contributed by atoms with van der Waals surface area (Å²) < 4.78 is 40.9. The summed E-state index contributed by atoms with van der Waals surface area (Å²) in [6.07, 6.45) is 0.521. The van der Waals surface area contributed by atoms with Crippen LogP contribution in [0.2, 0.25) is 0 Å². The molecule has 2 N–H and O–H groups in total. The molecule has 0 amide bonds. The second-order valence-electron chi connectivity index (χ2n) is 7.56. The van der Waals surface area contributed by atoms with Crippen molar-refractivity contribution in [3.8, 4) is 0 Å². The lowest BCUT2D eigenvalue weighted by atomic mass is 10.1. The van der Waals surface area contributed by atoms with Gasteiger partial charge >= 0.3 is 6.18 Å². The lowest BCUT2D eigenvalue weighted by molar-refractivity contribution is -0.137. The SMILES string of the molecule is CC(C)n1c(NCc2cccnc2)nc2c(NCc3cccc(C(F)(F)F)c3)ncnc21. The zero-order chi connectivity index (χ0) is 22.7. The molecule has 3 heterocycles. The van der Waals surface area contributed by atoms with Crippen molar-refractivity contribution >= 4 is 22.9 Å². The van der Waals surface area contributed by atoms with Gasteiger partial charge in [0.1, 0.15) is 6.33 Å². The number of pyridine rings is 1. The molecule has 4 rings (SSSR count). The van der Waals surface area contributed by atoms with Crippen LogP contribution in [-0.2, 0) is 19.3 Å². The minimum atomic E-state index is -4.39. The van der Waals surface area contributed by atoms with Crippen LogP contribution in [0.5, 0.6) is 0 Å². The summed E-state index contributed by atoms with van der Waals surface area (Å²) in [7, 11) is 0. The summed E-state index contributed by atoms with van der Waals surface area (Å²) in [6.45, 7) is 4.75. The number of aromatic nitrogens is 5. The summed E-state index contributed by atoms with van der Waals surface area (Å²) >= 11 is 0. The third-order valence-electron chi connectivity index (χ3n) is 4.88. The van der Waals surface area contributed by atoms with Crippen LogP contribution in [0.3, 0.4) is 0 Å². The summed E-state index contributed by atoms with van der Waals surface area (Å²) in [6, 6.07) is 9.10. The molecule has 0 radical (unpaired) electrons. The third kappa shape index (κ3) is 4.63. The largest absolute Gasteiger partial charge is 0.416 e. The molecule has 0 atom stereocenters. The Labute approximate surface area is 182 Å². The first-order valence-electron chi connectivity index (χ1n) is 10.1. The van der Waals surface area contributed by atoms with E-state index in [4.69, 9.17) is 0 Å². The van der Waals surface area contributed by atoms with E-state index >= 15 is 0 Å². The van der Waals surface area contributed by atoms with Gasteiger partial charge in [-0.15, -0.1) is 0 Å². The van der Waals surface area contributed by atoms with Gasteiger partial charge < -0.3 is 10.6 Å². The molecule has 0 unspecified atom stereocenters. The molecule has 32 heavy (non-hydrogen) atoms. The average Bonchev–Trinajstić information content (AvgIpc) is 3.16. The van der Waals surface area contributed by atoms with E-state index in [0.29, 0.717) is 35.0 Å². The summed E-state index contributed by atoms with van der Waals surface area (Å²) in [5.74, 6) is 1.08. The third-order valence-corrected chi connectivity index (χ3v) is 4.88. The van der Waals surface area contributed by atoms with Gasteiger partial charge in [-0.3, -0.25) is 9.55 Å². The second kappa shape index (κ2) is 8.81. The maximum Gasteiger partial charge on any atom is 0.416 e. The zero-order valence-corrected chi connectivity index (χ0v) is 17.6. The Morgan fingerprint density at radius 2 is 1.78 bits per heavy atom. The van der Waals surface area contributed by atoms with Gasteiger partial charge in [-0.05, 0) is 43.2 Å². The topological polar surface area (TPSA) is 80.5 Å². The highest BCUT2D eigenvalue weighted by Gasteiger charge is 2.30. The number of alkyl halides is 3. The molecular weight excluding hydrogens is 419 g/mol. The van der Waals surface area contributed by atoms with Crippen LogP contribution in [-0.4, -0.2) is 24.5 Å². The number of nitrogens with zero attached hydrogens (tertiary/aromatic N) is 5. The normalized spacial score (nSPS) is 11.8. The molecule has 0 aliphatic carbocycles. The van der Waals surface area contributed by atoms with Crippen LogP contribution in [0.4, 0.5) is 24.9 Å². The number of imidazole rings is 1. The second-order valence-corrected chi connectivity index (χ2v) is 7.56. The molecule has 7 nitrogen and oxygen atoms in total. The first kappa shape index (κ1) is 21.5. The zero-order valence-electron chi connectivity index (χ0n) is 17.6. The van der Waals surface area contributed by atoms with E-state index in [9.17, 15) is 13.2 Å². The summed E-state index contributed by atoms with van der Waals surface area (Å²) in [4.78, 5) is 17.5. The molecule has 3 aromatic heterocycles. The van der Waals surface area contributed by atoms with Crippen molar-refractivity contribution in [2.75, 3.05) is 10.6 Å². The standard InChI is InChI=1S/C22H22F3N7/c1-14(2)32-20-18(31-21(32)28-12-16-6-4-8-26-10-16)19(29-13-30-20)27-11-15-5-3-7-17(9-15)22(23,24)25/h3-10,13-14H,11-12H2,1-2H3,(H,28,31)(H,27,29,30). The predicted molar refractivity (Wildman–Crippen MR) is 116 cm³/mol. The van der Waals surface area contributed by atoms with Crippen LogP contribution < -0.4 is 10.6 Å². The molecular formula is C22H22F3N7. The van der Waals surface area contributed by atoms with Gasteiger partial charge in [0.25, 0.3) is 0 Å². The number of nitrogens with one attached hydrogen (secondary N) is 2. The van der Waals surface area contributed by atoms with Crippen molar-refractivity contribution in [1.29, 1.82) is 0 Å². The average molecular weight is 441 g/mol. The van der Waals surface area contributed by atoms with Crippen LogP contribution in [0, 0.1) is 0 Å². The Morgan fingerprint density at radius 3 is 2.50 bits per heavy atom. The quantitative estimate of drug-likeness (QED) is 0.418. The Kier molecular flexibility index (Phi) is 5.93. The molecule has 0 fully saturated rings. The molecule has 0 bridgehead atoms. The van der Waals surface area contributed by atoms with Gasteiger partial charge in [-0.2, -0.15) is 13.2 Å². The number of halogens is 3. The Bertz CT molecular complexity index is 1200. The Morgan fingerprint density at radius 1 is 1.00 bits per heavy atom. The van der Waals surface area contributed by atoms with Crippen molar-refractivity contribution in [2.45, 2.75) is 39.2 Å². The lowest BCUT2D eigenvalue weighted by Gasteiger charge is -2.13. The molecule has 4 aromatic rings. The predicted octanol–water partition coefficient (Wildman–Crippen LogP) is 5.05. The number of benzene rings is 1. The van der Waals surface area contributed by atoms with Crippen LogP contribution in [0.1, 0.15) is 36.6 Å². The fraction of sp³-hybridized carbons (Fsp3) is 0.273. The van der Waals surface area contributed by atoms with Crippen molar-refractivity contribution < 1.29 is 13.2 Å². The number of rotatable bonds is 7. The van der Waals surface area contributed by atoms with Gasteiger partial charge in [-0.1, -0.05) is 18.2 Å². The van der Waals surface area contributed by atoms with Gasteiger partial charge in [0, 0.05) is 31.5 Å². The molecule has 10 heteroatoms. The van der Waals surface area contributed by atoms with E-state index in [-0.39, 0.29) is 12.6 Å². The number of anilines is 2. The van der Waals surface area contributed by atoms with Crippen molar-refractivity contribution in [2.24, 2.45) is 0 Å². The number of hydrogen-bond acceptors (Lipinski definition) is 6. The van der Waals surface area contributed by atoms with E-state index in [0.717, 1.165) is 17.7 Å². The highest BCUT2D eigenvalue weighted by atomic mass is 19.4. The van der Waals surface area contributed by atoms with Crippen molar-refractivity contribution in [1.82, 2.24) is 24.5 Å². The van der Waals surface area contributed by atoms with Crippen molar-refractivity contribution in [3.63, 3.8) is 0 Å². The molecule has 0 saturated heterocycles. The maximum absolute atomic E-state index is 13.0. The molecule has 0 spiro atoms. The fourth-order valence-corrected chi connectivity index (χ4v) is 3.38. The van der Waals surface area contributed by atoms with E-state index < -0.39 is 11.7 Å². The maximum atomic E-state index is 13.0. The first-order valence-corrected chi connectivity index (χ1v) is 10.1. The molecule has 0 aliphatic heterocycles. The van der Waals surface area contributed by atoms with Crippen molar-refractivity contribution in [3.05, 3.63) is 71.8 Å². The minimum Gasteiger partial charge on any atom is -0.364 e. The molecule has 1 aromatic carbocycles. The minimum absolute atomic E-state index is 0.0719. The molecule has 166 valence electrons. The van der Waals surface area contributed by atoms with E-state index in [1.807, 2.05) is 30.5 Å². The molecule has 0 aliphatic rings. The van der Waals surface area contributed by atoms with E-state index in [1.165, 1.54) is 12.4 Å². The smallest absolute Gasteiger partial charge is 0.364 e. The molecule has 0 saturated carbocycles. The fourth-order valence-electron chi connectivity index (χ4n) is 3.38. The Balaban J connectivity index is 1.60. The first-order chi connectivity index (χ1) is 15.3. The highest BCUT2D eigenvalue weighted by Crippen LogP contribution is 2.30. The number of fused-ring (bicyclic) bond motifs is 1. The monoisotopic (exact) mass is 441 g/mol. The van der Waals surface area contributed by atoms with Gasteiger partial charge in [-0.25, -0.2) is 15.0 Å². The van der Waals surface area contributed by atoms with Gasteiger partial charge in [0.15, 0.2) is 17.0 Å². The van der Waals surface area contributed by atoms with Crippen LogP contribution >= 0.6 is 0 Å². The summed E-state index contributed by atoms with van der Waals surface area (Å²) in [5.41, 5.74) is 1.99. The van der Waals surface area contributed by atoms with Gasteiger partial charge in [0.2, 0.25) is 5.95 Å². The van der Waals surface area contributed by atoms with E-state index in [2.05, 4.69) is 30.6 Å². The number of hydrogen-bond donors (Lipinski definition) is 2. The Hall–Kier alpha value is -3.69.